The van der Waals surface area contributed by atoms with E-state index in [0.717, 1.165) is 5.96 Å². The third-order valence-electron chi connectivity index (χ3n) is 2.31. The average molecular weight is 395 g/mol. The fraction of sp³-hybridized carbons (Fsp3) is 0.538. The number of halogens is 1. The lowest BCUT2D eigenvalue weighted by molar-refractivity contribution is 0.0488. The zero-order chi connectivity index (χ0) is 14.4. The number of rotatable bonds is 4. The van der Waals surface area contributed by atoms with Gasteiger partial charge in [-0.25, -0.2) is 9.79 Å². The van der Waals surface area contributed by atoms with Crippen molar-refractivity contribution in [2.75, 3.05) is 34.8 Å². The molecule has 20 heavy (non-hydrogen) atoms. The zero-order valence-corrected chi connectivity index (χ0v) is 14.9. The molecular weight excluding hydrogens is 373 g/mol. The molecular formula is C13H22IN3O3. The van der Waals surface area contributed by atoms with Crippen molar-refractivity contribution in [2.45, 2.75) is 13.5 Å². The van der Waals surface area contributed by atoms with Crippen molar-refractivity contribution in [3.63, 3.8) is 0 Å². The Morgan fingerprint density at radius 3 is 2.35 bits per heavy atom. The molecule has 0 aliphatic rings. The summed E-state index contributed by atoms with van der Waals surface area (Å²) in [5, 5.41) is 0. The number of esters is 1. The number of aliphatic imine (C=N–C) groups is 1. The Morgan fingerprint density at radius 2 is 1.85 bits per heavy atom. The molecule has 1 aromatic heterocycles. The molecule has 0 bridgehead atoms. The molecule has 0 aliphatic carbocycles. The van der Waals surface area contributed by atoms with Gasteiger partial charge < -0.3 is 19.0 Å². The minimum atomic E-state index is -0.446. The van der Waals surface area contributed by atoms with Crippen LogP contribution in [0.15, 0.2) is 21.5 Å². The summed E-state index contributed by atoms with van der Waals surface area (Å²) >= 11 is 0. The summed E-state index contributed by atoms with van der Waals surface area (Å²) < 4.78 is 10.2. The lowest BCUT2D eigenvalue weighted by Crippen LogP contribution is -2.35. The van der Waals surface area contributed by atoms with E-state index in [1.165, 1.54) is 0 Å². The topological polar surface area (TPSA) is 58.3 Å². The third kappa shape index (κ3) is 5.40. The molecule has 0 amide bonds. The van der Waals surface area contributed by atoms with Crippen LogP contribution >= 0.6 is 24.0 Å². The molecule has 6 nitrogen and oxygen atoms in total. The van der Waals surface area contributed by atoms with Crippen LogP contribution in [-0.4, -0.2) is 56.5 Å². The first-order chi connectivity index (χ1) is 8.95. The normalized spacial score (nSPS) is 9.45. The van der Waals surface area contributed by atoms with Crippen LogP contribution in [0.2, 0.25) is 0 Å². The number of nitrogens with zero attached hydrogens (tertiary/aromatic N) is 3. The first kappa shape index (κ1) is 18.8. The first-order valence-electron chi connectivity index (χ1n) is 6.10. The number of guanidine groups is 1. The summed E-state index contributed by atoms with van der Waals surface area (Å²) in [6.45, 7) is 2.47. The van der Waals surface area contributed by atoms with Gasteiger partial charge >= 0.3 is 5.97 Å². The Kier molecular flexibility index (Phi) is 8.28. The summed E-state index contributed by atoms with van der Waals surface area (Å²) in [5.41, 5.74) is 0. The second-order valence-electron chi connectivity index (χ2n) is 4.39. The van der Waals surface area contributed by atoms with Crippen molar-refractivity contribution in [2.24, 2.45) is 4.99 Å². The highest BCUT2D eigenvalue weighted by Crippen LogP contribution is 2.10. The van der Waals surface area contributed by atoms with Crippen molar-refractivity contribution in [1.82, 2.24) is 9.80 Å². The summed E-state index contributed by atoms with van der Waals surface area (Å²) in [6, 6.07) is 3.34. The number of hydrogen-bond donors (Lipinski definition) is 0. The van der Waals surface area contributed by atoms with Gasteiger partial charge in [0.25, 0.3) is 0 Å². The van der Waals surface area contributed by atoms with E-state index >= 15 is 0 Å². The number of carbonyl (C=O) groups excluding carboxylic acids is 1. The quantitative estimate of drug-likeness (QED) is 0.338. The summed E-state index contributed by atoms with van der Waals surface area (Å²) in [5.74, 6) is 1.22. The highest BCUT2D eigenvalue weighted by atomic mass is 127. The van der Waals surface area contributed by atoms with E-state index in [2.05, 4.69) is 4.99 Å². The largest absolute Gasteiger partial charge is 0.460 e. The van der Waals surface area contributed by atoms with Crippen molar-refractivity contribution < 1.29 is 13.9 Å². The van der Waals surface area contributed by atoms with E-state index in [9.17, 15) is 4.79 Å². The molecule has 0 saturated heterocycles. The minimum absolute atomic E-state index is 0. The maximum Gasteiger partial charge on any atom is 0.374 e. The average Bonchev–Trinajstić information content (AvgIpc) is 2.77. The van der Waals surface area contributed by atoms with Crippen LogP contribution in [0.25, 0.3) is 0 Å². The molecule has 0 aromatic carbocycles. The first-order valence-corrected chi connectivity index (χ1v) is 6.10. The maximum atomic E-state index is 11.4. The molecule has 0 fully saturated rings. The molecule has 1 heterocycles. The van der Waals surface area contributed by atoms with Crippen molar-refractivity contribution in [1.29, 1.82) is 0 Å². The van der Waals surface area contributed by atoms with Gasteiger partial charge in [-0.15, -0.1) is 24.0 Å². The molecule has 114 valence electrons. The Balaban J connectivity index is 0.00000361. The van der Waals surface area contributed by atoms with Gasteiger partial charge in [-0.05, 0) is 19.1 Å². The van der Waals surface area contributed by atoms with E-state index < -0.39 is 5.97 Å². The maximum absolute atomic E-state index is 11.4. The van der Waals surface area contributed by atoms with Crippen LogP contribution in [0.3, 0.4) is 0 Å². The molecule has 0 N–H and O–H groups in total. The highest BCUT2D eigenvalue weighted by molar-refractivity contribution is 14.0. The molecule has 7 heteroatoms. The van der Waals surface area contributed by atoms with Gasteiger partial charge in [0, 0.05) is 28.2 Å². The van der Waals surface area contributed by atoms with E-state index in [4.69, 9.17) is 9.15 Å². The molecule has 0 unspecified atom stereocenters. The molecule has 1 rings (SSSR count). The lowest BCUT2D eigenvalue weighted by Gasteiger charge is -2.22. The standard InChI is InChI=1S/C13H21N3O3.HI/c1-6-18-12(17)11-8-7-10(19-11)9-14-13(15(2)3)16(4)5;/h7-8H,6,9H2,1-5H3;1H. The Labute approximate surface area is 136 Å². The van der Waals surface area contributed by atoms with E-state index in [1.807, 2.05) is 38.0 Å². The van der Waals surface area contributed by atoms with E-state index in [0.29, 0.717) is 18.9 Å². The molecule has 0 atom stereocenters. The predicted molar refractivity (Wildman–Crippen MR) is 88.6 cm³/mol. The van der Waals surface area contributed by atoms with Gasteiger partial charge in [0.1, 0.15) is 12.3 Å². The third-order valence-corrected chi connectivity index (χ3v) is 2.31. The van der Waals surface area contributed by atoms with Crippen LogP contribution in [0.1, 0.15) is 23.2 Å². The monoisotopic (exact) mass is 395 g/mol. The van der Waals surface area contributed by atoms with Gasteiger partial charge in [0.2, 0.25) is 5.76 Å². The lowest BCUT2D eigenvalue weighted by atomic mass is 10.4. The van der Waals surface area contributed by atoms with Gasteiger partial charge in [0.15, 0.2) is 5.96 Å². The van der Waals surface area contributed by atoms with Crippen molar-refractivity contribution >= 4 is 35.9 Å². The summed E-state index contributed by atoms with van der Waals surface area (Å²) in [6.07, 6.45) is 0. The van der Waals surface area contributed by atoms with E-state index in [-0.39, 0.29) is 29.7 Å². The zero-order valence-electron chi connectivity index (χ0n) is 12.5. The number of ether oxygens (including phenoxy) is 1. The van der Waals surface area contributed by atoms with Crippen LogP contribution in [0.5, 0.6) is 0 Å². The summed E-state index contributed by atoms with van der Waals surface area (Å²) in [4.78, 5) is 19.7. The van der Waals surface area contributed by atoms with Crippen molar-refractivity contribution in [3.05, 3.63) is 23.7 Å². The van der Waals surface area contributed by atoms with Gasteiger partial charge in [0.05, 0.1) is 6.61 Å². The van der Waals surface area contributed by atoms with Crippen LogP contribution in [0, 0.1) is 0 Å². The smallest absolute Gasteiger partial charge is 0.374 e. The number of furan rings is 1. The van der Waals surface area contributed by atoms with Gasteiger partial charge in [-0.3, -0.25) is 0 Å². The van der Waals surface area contributed by atoms with Crippen molar-refractivity contribution in [3.8, 4) is 0 Å². The molecule has 0 saturated carbocycles. The van der Waals surface area contributed by atoms with Crippen LogP contribution in [-0.2, 0) is 11.3 Å². The Hall–Kier alpha value is -1.25. The Morgan fingerprint density at radius 1 is 1.25 bits per heavy atom. The molecule has 0 aliphatic heterocycles. The predicted octanol–water partition coefficient (Wildman–Crippen LogP) is 2.05. The molecule has 0 radical (unpaired) electrons. The van der Waals surface area contributed by atoms with Crippen LogP contribution < -0.4 is 0 Å². The van der Waals surface area contributed by atoms with Crippen LogP contribution in [0.4, 0.5) is 0 Å². The van der Waals surface area contributed by atoms with Gasteiger partial charge in [-0.2, -0.15) is 0 Å². The number of hydrogen-bond acceptors (Lipinski definition) is 4. The molecule has 0 spiro atoms. The Bertz CT molecular complexity index is 445. The van der Waals surface area contributed by atoms with E-state index in [1.54, 1.807) is 19.1 Å². The molecule has 1 aromatic rings. The summed E-state index contributed by atoms with van der Waals surface area (Å²) in [7, 11) is 7.69. The highest BCUT2D eigenvalue weighted by Gasteiger charge is 2.12. The second-order valence-corrected chi connectivity index (χ2v) is 4.39. The fourth-order valence-corrected chi connectivity index (χ4v) is 1.61. The fourth-order valence-electron chi connectivity index (χ4n) is 1.61. The minimum Gasteiger partial charge on any atom is -0.460 e. The second kappa shape index (κ2) is 8.83. The van der Waals surface area contributed by atoms with Gasteiger partial charge in [-0.1, -0.05) is 0 Å². The SMILES string of the molecule is CCOC(=O)c1ccc(CN=C(N(C)C)N(C)C)o1.I. The number of carbonyl (C=O) groups is 1.